The van der Waals surface area contributed by atoms with Crippen LogP contribution in [0.5, 0.6) is 0 Å². The average molecular weight is 466 g/mol. The predicted octanol–water partition coefficient (Wildman–Crippen LogP) is 4.03. The minimum Gasteiger partial charge on any atom is -0.612 e. The van der Waals surface area contributed by atoms with E-state index in [9.17, 15) is 27.6 Å². The molecule has 0 saturated heterocycles. The summed E-state index contributed by atoms with van der Waals surface area (Å²) in [5.74, 6) is -0.689. The van der Waals surface area contributed by atoms with Gasteiger partial charge in [0.05, 0.1) is 18.9 Å². The quantitative estimate of drug-likeness (QED) is 0.420. The molecular formula is C22H21F3N2O4S. The van der Waals surface area contributed by atoms with Crippen molar-refractivity contribution in [3.63, 3.8) is 0 Å². The van der Waals surface area contributed by atoms with Gasteiger partial charge in [-0.05, 0) is 40.9 Å². The fraction of sp³-hybridized carbons (Fsp3) is 0.273. The summed E-state index contributed by atoms with van der Waals surface area (Å²) in [5, 5.41) is 13.0. The second-order valence-corrected chi connectivity index (χ2v) is 8.24. The molecule has 3 aromatic rings. The van der Waals surface area contributed by atoms with Crippen molar-refractivity contribution in [1.29, 1.82) is 0 Å². The lowest BCUT2D eigenvalue weighted by atomic mass is 10.0. The normalized spacial score (nSPS) is 12.6. The third-order valence-electron chi connectivity index (χ3n) is 4.72. The van der Waals surface area contributed by atoms with Crippen LogP contribution in [0.3, 0.4) is 0 Å². The summed E-state index contributed by atoms with van der Waals surface area (Å²) in [6.07, 6.45) is -3.14. The van der Waals surface area contributed by atoms with Crippen molar-refractivity contribution in [2.75, 3.05) is 12.9 Å². The Labute approximate surface area is 185 Å². The summed E-state index contributed by atoms with van der Waals surface area (Å²) in [7, 11) is 0. The molecule has 1 unspecified atom stereocenters. The molecule has 10 heteroatoms. The number of hydrogen-bond donors (Lipinski definition) is 1. The van der Waals surface area contributed by atoms with E-state index in [1.54, 1.807) is 49.4 Å². The molecule has 0 aliphatic carbocycles. The summed E-state index contributed by atoms with van der Waals surface area (Å²) in [6, 6.07) is 12.7. The van der Waals surface area contributed by atoms with Gasteiger partial charge in [0.25, 0.3) is 0 Å². The molecule has 0 saturated carbocycles. The van der Waals surface area contributed by atoms with Crippen molar-refractivity contribution in [3.05, 3.63) is 59.8 Å². The van der Waals surface area contributed by atoms with Gasteiger partial charge < -0.3 is 14.4 Å². The number of halogens is 3. The van der Waals surface area contributed by atoms with Crippen LogP contribution in [-0.4, -0.2) is 38.3 Å². The van der Waals surface area contributed by atoms with Crippen molar-refractivity contribution in [1.82, 2.24) is 9.78 Å². The first kappa shape index (κ1) is 23.8. The first-order chi connectivity index (χ1) is 15.1. The van der Waals surface area contributed by atoms with E-state index < -0.39 is 35.6 Å². The number of nitrogens with zero attached hydrogens (tertiary/aromatic N) is 2. The maximum Gasteiger partial charge on any atom is 0.435 e. The number of aliphatic hydroxyl groups excluding tert-OH is 1. The Hall–Kier alpha value is -2.82. The first-order valence-electron chi connectivity index (χ1n) is 9.62. The van der Waals surface area contributed by atoms with Crippen molar-refractivity contribution < 1.29 is 32.4 Å². The molecule has 0 bridgehead atoms. The number of aromatic nitrogens is 2. The minimum atomic E-state index is -4.66. The van der Waals surface area contributed by atoms with Gasteiger partial charge in [0.2, 0.25) is 0 Å². The van der Waals surface area contributed by atoms with E-state index in [1.807, 2.05) is 0 Å². The lowest BCUT2D eigenvalue weighted by Gasteiger charge is -2.12. The molecule has 2 aromatic carbocycles. The molecule has 1 atom stereocenters. The molecule has 32 heavy (non-hydrogen) atoms. The van der Waals surface area contributed by atoms with Crippen LogP contribution in [0, 0.1) is 0 Å². The number of benzene rings is 2. The monoisotopic (exact) mass is 466 g/mol. The Kier molecular flexibility index (Phi) is 7.27. The average Bonchev–Trinajstić information content (AvgIpc) is 3.17. The van der Waals surface area contributed by atoms with Gasteiger partial charge >= 0.3 is 12.1 Å². The van der Waals surface area contributed by atoms with Crippen LogP contribution < -0.4 is 0 Å². The van der Waals surface area contributed by atoms with E-state index in [4.69, 9.17) is 4.74 Å². The molecule has 6 nitrogen and oxygen atoms in total. The predicted molar refractivity (Wildman–Crippen MR) is 113 cm³/mol. The number of rotatable bonds is 7. The van der Waals surface area contributed by atoms with Gasteiger partial charge in [-0.25, -0.2) is 0 Å². The minimum absolute atomic E-state index is 0.107. The Morgan fingerprint density at radius 2 is 1.75 bits per heavy atom. The number of ether oxygens (including phenoxy) is 1. The summed E-state index contributed by atoms with van der Waals surface area (Å²) < 4.78 is 57.4. The molecule has 1 N–H and O–H groups in total. The topological polar surface area (TPSA) is 87.4 Å². The van der Waals surface area contributed by atoms with Crippen LogP contribution in [0.2, 0.25) is 0 Å². The molecule has 1 heterocycles. The smallest absolute Gasteiger partial charge is 0.435 e. The lowest BCUT2D eigenvalue weighted by Crippen LogP contribution is -2.16. The molecule has 0 aliphatic heterocycles. The van der Waals surface area contributed by atoms with Crippen molar-refractivity contribution in [3.8, 4) is 22.4 Å². The molecule has 3 rings (SSSR count). The molecule has 0 radical (unpaired) electrons. The van der Waals surface area contributed by atoms with Gasteiger partial charge in [-0.15, -0.1) is 0 Å². The maximum absolute atomic E-state index is 13.2. The van der Waals surface area contributed by atoms with Crippen LogP contribution in [0.4, 0.5) is 13.2 Å². The van der Waals surface area contributed by atoms with E-state index in [1.165, 1.54) is 6.26 Å². The van der Waals surface area contributed by atoms with Crippen LogP contribution in [0.1, 0.15) is 18.2 Å². The fourth-order valence-electron chi connectivity index (χ4n) is 3.20. The molecule has 0 fully saturated rings. The number of hydrogen-bond acceptors (Lipinski definition) is 5. The number of esters is 1. The second-order valence-electron chi connectivity index (χ2n) is 6.89. The van der Waals surface area contributed by atoms with E-state index in [2.05, 4.69) is 5.10 Å². The Bertz CT molecular complexity index is 1100. The zero-order valence-corrected chi connectivity index (χ0v) is 18.2. The van der Waals surface area contributed by atoms with Crippen molar-refractivity contribution in [2.45, 2.75) is 31.1 Å². The SMILES string of the molecule is CCOC(=O)Cn1nc(C(F)(F)F)cc1-c1ccc(-c2ccc(CO)c([S+](C)[O-])c2)cc1. The van der Waals surface area contributed by atoms with Crippen molar-refractivity contribution in [2.24, 2.45) is 0 Å². The largest absolute Gasteiger partial charge is 0.612 e. The van der Waals surface area contributed by atoms with Gasteiger partial charge in [-0.3, -0.25) is 9.48 Å². The number of alkyl halides is 3. The third-order valence-corrected chi connectivity index (χ3v) is 5.72. The van der Waals surface area contributed by atoms with E-state index in [0.717, 1.165) is 21.9 Å². The number of aliphatic hydroxyl groups is 1. The second kappa shape index (κ2) is 9.76. The standard InChI is InChI=1S/C22H21F3N2O4S/c1-3-31-21(29)12-27-18(11-20(26-27)22(23,24)25)15-6-4-14(5-7-15)16-8-9-17(13-28)19(10-16)32(2)30/h4-11,28H,3,12-13H2,1-2H3. The molecular weight excluding hydrogens is 445 g/mol. The summed E-state index contributed by atoms with van der Waals surface area (Å²) >= 11 is -1.30. The maximum atomic E-state index is 13.2. The Balaban J connectivity index is 1.97. The molecule has 0 aliphatic rings. The van der Waals surface area contributed by atoms with E-state index >= 15 is 0 Å². The summed E-state index contributed by atoms with van der Waals surface area (Å²) in [5.41, 5.74) is 1.52. The van der Waals surface area contributed by atoms with Gasteiger partial charge in [-0.2, -0.15) is 18.3 Å². The fourth-order valence-corrected chi connectivity index (χ4v) is 4.00. The number of carbonyl (C=O) groups is 1. The molecule has 170 valence electrons. The van der Waals surface area contributed by atoms with Gasteiger partial charge in [0, 0.05) is 11.6 Å². The molecule has 0 spiro atoms. The highest BCUT2D eigenvalue weighted by Gasteiger charge is 2.35. The highest BCUT2D eigenvalue weighted by atomic mass is 32.2. The van der Waals surface area contributed by atoms with Crippen molar-refractivity contribution >= 4 is 17.1 Å². The molecule has 1 aromatic heterocycles. The first-order valence-corrected chi connectivity index (χ1v) is 11.2. The highest BCUT2D eigenvalue weighted by Crippen LogP contribution is 2.33. The van der Waals surface area contributed by atoms with Crippen LogP contribution in [-0.2, 0) is 40.0 Å². The van der Waals surface area contributed by atoms with E-state index in [-0.39, 0.29) is 18.9 Å². The molecule has 0 amide bonds. The summed E-state index contributed by atoms with van der Waals surface area (Å²) in [4.78, 5) is 12.3. The van der Waals surface area contributed by atoms with Gasteiger partial charge in [0.1, 0.15) is 12.8 Å². The van der Waals surface area contributed by atoms with Crippen LogP contribution >= 0.6 is 0 Å². The third kappa shape index (κ3) is 5.32. The highest BCUT2D eigenvalue weighted by molar-refractivity contribution is 7.90. The zero-order chi connectivity index (χ0) is 23.5. The Morgan fingerprint density at radius 1 is 1.12 bits per heavy atom. The number of carbonyl (C=O) groups excluding carboxylic acids is 1. The zero-order valence-electron chi connectivity index (χ0n) is 17.3. The van der Waals surface area contributed by atoms with Gasteiger partial charge in [-0.1, -0.05) is 36.4 Å². The Morgan fingerprint density at radius 3 is 2.31 bits per heavy atom. The summed E-state index contributed by atoms with van der Waals surface area (Å²) in [6.45, 7) is 1.03. The van der Waals surface area contributed by atoms with E-state index in [0.29, 0.717) is 16.0 Å². The van der Waals surface area contributed by atoms with Crippen LogP contribution in [0.15, 0.2) is 53.4 Å². The van der Waals surface area contributed by atoms with Crippen LogP contribution in [0.25, 0.3) is 22.4 Å². The van der Waals surface area contributed by atoms with Gasteiger partial charge in [0.15, 0.2) is 10.6 Å². The lowest BCUT2D eigenvalue weighted by molar-refractivity contribution is -0.146.